The van der Waals surface area contributed by atoms with Gasteiger partial charge in [0.05, 0.1) is 5.69 Å². The van der Waals surface area contributed by atoms with Crippen molar-refractivity contribution in [3.63, 3.8) is 0 Å². The second-order valence-electron chi connectivity index (χ2n) is 5.83. The van der Waals surface area contributed by atoms with Crippen molar-refractivity contribution in [1.82, 2.24) is 14.2 Å². The lowest BCUT2D eigenvalue weighted by molar-refractivity contribution is -0.117. The van der Waals surface area contributed by atoms with E-state index < -0.39 is 0 Å². The van der Waals surface area contributed by atoms with Crippen LogP contribution >= 0.6 is 11.8 Å². The summed E-state index contributed by atoms with van der Waals surface area (Å²) in [4.78, 5) is 26.8. The number of rotatable bonds is 5. The van der Waals surface area contributed by atoms with Gasteiger partial charge in [-0.2, -0.15) is 0 Å². The van der Waals surface area contributed by atoms with E-state index in [-0.39, 0.29) is 18.1 Å². The lowest BCUT2D eigenvalue weighted by Gasteiger charge is -2.10. The molecule has 0 saturated carbocycles. The quantitative estimate of drug-likeness (QED) is 0.580. The molecule has 0 aliphatic rings. The minimum absolute atomic E-state index is 0.148. The van der Waals surface area contributed by atoms with Crippen LogP contribution in [0.3, 0.4) is 0 Å². The van der Waals surface area contributed by atoms with E-state index >= 15 is 0 Å². The van der Waals surface area contributed by atoms with Crippen LogP contribution in [0.5, 0.6) is 0 Å². The Morgan fingerprint density at radius 1 is 0.963 bits per heavy atom. The lowest BCUT2D eigenvalue weighted by atomic mass is 10.3. The molecule has 27 heavy (non-hydrogen) atoms. The van der Waals surface area contributed by atoms with Gasteiger partial charge in [-0.05, 0) is 36.4 Å². The molecule has 2 heterocycles. The molecule has 2 aromatic carbocycles. The van der Waals surface area contributed by atoms with Crippen LogP contribution < -0.4 is 11.0 Å². The fourth-order valence-electron chi connectivity index (χ4n) is 2.67. The van der Waals surface area contributed by atoms with Gasteiger partial charge >= 0.3 is 5.69 Å². The molecule has 0 fully saturated rings. The molecule has 0 bridgehead atoms. The number of para-hydroxylation sites is 1. The zero-order valence-electron chi connectivity index (χ0n) is 14.3. The first-order valence-corrected chi connectivity index (χ1v) is 9.18. The summed E-state index contributed by atoms with van der Waals surface area (Å²) in [6, 6.07) is 22.8. The number of anilines is 1. The van der Waals surface area contributed by atoms with Gasteiger partial charge in [0.25, 0.3) is 0 Å². The van der Waals surface area contributed by atoms with Crippen molar-refractivity contribution in [2.45, 2.75) is 16.3 Å². The normalized spacial score (nSPS) is 10.8. The fourth-order valence-corrected chi connectivity index (χ4v) is 3.59. The summed E-state index contributed by atoms with van der Waals surface area (Å²) in [6.07, 6.45) is 1.63. The summed E-state index contributed by atoms with van der Waals surface area (Å²) in [6.45, 7) is -0.148. The van der Waals surface area contributed by atoms with E-state index in [0.717, 1.165) is 14.5 Å². The molecule has 0 aliphatic carbocycles. The third-order valence-corrected chi connectivity index (χ3v) is 5.00. The van der Waals surface area contributed by atoms with Crippen LogP contribution in [0, 0.1) is 0 Å². The van der Waals surface area contributed by atoms with Crippen LogP contribution in [0.15, 0.2) is 93.6 Å². The minimum Gasteiger partial charge on any atom is -0.323 e. The van der Waals surface area contributed by atoms with Crippen molar-refractivity contribution in [2.75, 3.05) is 5.32 Å². The van der Waals surface area contributed by atoms with E-state index in [0.29, 0.717) is 11.3 Å². The number of amides is 1. The molecule has 2 aromatic heterocycles. The zero-order chi connectivity index (χ0) is 18.6. The van der Waals surface area contributed by atoms with Gasteiger partial charge < -0.3 is 5.32 Å². The van der Waals surface area contributed by atoms with E-state index in [1.807, 2.05) is 54.6 Å². The van der Waals surface area contributed by atoms with Crippen molar-refractivity contribution in [2.24, 2.45) is 0 Å². The van der Waals surface area contributed by atoms with Crippen molar-refractivity contribution < 1.29 is 4.79 Å². The number of hydrogen-bond donors (Lipinski definition) is 1. The van der Waals surface area contributed by atoms with Gasteiger partial charge in [-0.15, -0.1) is 5.10 Å². The molecule has 7 heteroatoms. The minimum atomic E-state index is -0.340. The van der Waals surface area contributed by atoms with Gasteiger partial charge in [0.1, 0.15) is 6.54 Å². The molecule has 0 radical (unpaired) electrons. The number of carbonyl (C=O) groups is 1. The van der Waals surface area contributed by atoms with Crippen LogP contribution in [0.4, 0.5) is 5.69 Å². The standard InChI is InChI=1S/C20H16N4O2S/c25-19(14-24-20(26)23-13-7-6-12-18(23)22-24)21-16-10-4-5-11-17(16)27-15-8-2-1-3-9-15/h1-13H,14H2,(H,21,25). The Bertz CT molecular complexity index is 1150. The molecular weight excluding hydrogens is 360 g/mol. The van der Waals surface area contributed by atoms with Gasteiger partial charge in [0.15, 0.2) is 5.65 Å². The van der Waals surface area contributed by atoms with E-state index in [2.05, 4.69) is 10.4 Å². The molecule has 0 saturated heterocycles. The van der Waals surface area contributed by atoms with Crippen molar-refractivity contribution in [3.05, 3.63) is 89.5 Å². The smallest absolute Gasteiger partial charge is 0.323 e. The van der Waals surface area contributed by atoms with E-state index in [1.165, 1.54) is 4.40 Å². The van der Waals surface area contributed by atoms with Crippen LogP contribution in [0.2, 0.25) is 0 Å². The molecule has 1 amide bonds. The molecule has 4 aromatic rings. The number of hydrogen-bond acceptors (Lipinski definition) is 4. The monoisotopic (exact) mass is 376 g/mol. The third-order valence-electron chi connectivity index (χ3n) is 3.91. The summed E-state index contributed by atoms with van der Waals surface area (Å²) >= 11 is 1.57. The first-order chi connectivity index (χ1) is 13.2. The second kappa shape index (κ2) is 7.51. The molecule has 134 valence electrons. The number of nitrogens with one attached hydrogen (secondary N) is 1. The van der Waals surface area contributed by atoms with Gasteiger partial charge in [-0.1, -0.05) is 48.2 Å². The summed E-state index contributed by atoms with van der Waals surface area (Å²) < 4.78 is 2.57. The summed E-state index contributed by atoms with van der Waals surface area (Å²) in [5, 5.41) is 7.07. The van der Waals surface area contributed by atoms with Crippen LogP contribution in [-0.4, -0.2) is 20.1 Å². The largest absolute Gasteiger partial charge is 0.350 e. The maximum absolute atomic E-state index is 12.5. The van der Waals surface area contributed by atoms with Crippen LogP contribution in [0.25, 0.3) is 5.65 Å². The summed E-state index contributed by atoms with van der Waals surface area (Å²) in [5.74, 6) is -0.304. The average Bonchev–Trinajstić information content (AvgIpc) is 3.00. The van der Waals surface area contributed by atoms with Crippen molar-refractivity contribution >= 4 is 29.0 Å². The number of benzene rings is 2. The van der Waals surface area contributed by atoms with E-state index in [9.17, 15) is 9.59 Å². The molecule has 0 atom stereocenters. The average molecular weight is 376 g/mol. The molecule has 1 N–H and O–H groups in total. The molecule has 0 aliphatic heterocycles. The Balaban J connectivity index is 1.53. The third kappa shape index (κ3) is 3.78. The topological polar surface area (TPSA) is 68.4 Å². The highest BCUT2D eigenvalue weighted by molar-refractivity contribution is 7.99. The zero-order valence-corrected chi connectivity index (χ0v) is 15.1. The summed E-state index contributed by atoms with van der Waals surface area (Å²) in [7, 11) is 0. The van der Waals surface area contributed by atoms with Crippen molar-refractivity contribution in [3.8, 4) is 0 Å². The summed E-state index contributed by atoms with van der Waals surface area (Å²) in [5.41, 5.74) is 0.871. The Hall–Kier alpha value is -3.32. The number of carbonyl (C=O) groups excluding carboxylic acids is 1. The van der Waals surface area contributed by atoms with Gasteiger partial charge in [-0.3, -0.25) is 9.20 Å². The van der Waals surface area contributed by atoms with E-state index in [1.54, 1.807) is 36.2 Å². The Morgan fingerprint density at radius 2 is 1.70 bits per heavy atom. The Morgan fingerprint density at radius 3 is 2.52 bits per heavy atom. The molecule has 0 unspecified atom stereocenters. The van der Waals surface area contributed by atoms with Gasteiger partial charge in [0, 0.05) is 16.0 Å². The van der Waals surface area contributed by atoms with Crippen LogP contribution in [-0.2, 0) is 11.3 Å². The molecule has 4 rings (SSSR count). The highest BCUT2D eigenvalue weighted by Crippen LogP contribution is 2.33. The number of nitrogens with zero attached hydrogens (tertiary/aromatic N) is 3. The SMILES string of the molecule is O=C(Cn1nc2ccccn2c1=O)Nc1ccccc1Sc1ccccc1. The molecular formula is C20H16N4O2S. The Kier molecular flexibility index (Phi) is 4.76. The number of pyridine rings is 1. The first-order valence-electron chi connectivity index (χ1n) is 8.37. The van der Waals surface area contributed by atoms with Crippen LogP contribution in [0.1, 0.15) is 0 Å². The first kappa shape index (κ1) is 17.1. The predicted octanol–water partition coefficient (Wildman–Crippen LogP) is 3.29. The van der Waals surface area contributed by atoms with Gasteiger partial charge in [0.2, 0.25) is 5.91 Å². The number of fused-ring (bicyclic) bond motifs is 1. The Labute approximate surface area is 159 Å². The maximum Gasteiger partial charge on any atom is 0.350 e. The fraction of sp³-hybridized carbons (Fsp3) is 0.0500. The second-order valence-corrected chi connectivity index (χ2v) is 6.94. The highest BCUT2D eigenvalue weighted by atomic mass is 32.2. The molecule has 0 spiro atoms. The van der Waals surface area contributed by atoms with Crippen molar-refractivity contribution in [1.29, 1.82) is 0 Å². The predicted molar refractivity (Wildman–Crippen MR) is 105 cm³/mol. The van der Waals surface area contributed by atoms with Gasteiger partial charge in [-0.25, -0.2) is 9.48 Å². The maximum atomic E-state index is 12.5. The highest BCUT2D eigenvalue weighted by Gasteiger charge is 2.12. The van der Waals surface area contributed by atoms with E-state index in [4.69, 9.17) is 0 Å². The lowest BCUT2D eigenvalue weighted by Crippen LogP contribution is -2.28. The molecule has 6 nitrogen and oxygen atoms in total. The number of aromatic nitrogens is 3.